The number of hydrogen-bond donors (Lipinski definition) is 0. The molecule has 0 bridgehead atoms. The Kier molecular flexibility index (Phi) is 4.14. The summed E-state index contributed by atoms with van der Waals surface area (Å²) in [6, 6.07) is 8.48. The molecule has 0 amide bonds. The maximum atomic E-state index is 6.01. The Balaban J connectivity index is 1.51. The molecule has 0 aliphatic heterocycles. The van der Waals surface area contributed by atoms with E-state index in [0.717, 1.165) is 41.5 Å². The van der Waals surface area contributed by atoms with Gasteiger partial charge in [-0.05, 0) is 43.7 Å². The van der Waals surface area contributed by atoms with Crippen molar-refractivity contribution in [2.45, 2.75) is 52.9 Å². The summed E-state index contributed by atoms with van der Waals surface area (Å²) in [5.41, 5.74) is 2.99. The Morgan fingerprint density at radius 1 is 1.04 bits per heavy atom. The van der Waals surface area contributed by atoms with E-state index in [4.69, 9.17) is 8.83 Å². The van der Waals surface area contributed by atoms with Crippen molar-refractivity contribution in [3.63, 3.8) is 0 Å². The quantitative estimate of drug-likeness (QED) is 0.520. The van der Waals surface area contributed by atoms with Crippen molar-refractivity contribution in [3.8, 4) is 0 Å². The van der Waals surface area contributed by atoms with Crippen molar-refractivity contribution >= 4 is 23.1 Å². The summed E-state index contributed by atoms with van der Waals surface area (Å²) in [5, 5.41) is 1.18. The number of furan rings is 1. The largest absolute Gasteiger partial charge is 0.461 e. The second-order valence-corrected chi connectivity index (χ2v) is 8.94. The molecule has 3 nitrogen and oxygen atoms in total. The van der Waals surface area contributed by atoms with Crippen molar-refractivity contribution < 1.29 is 8.83 Å². The number of hydrogen-bond acceptors (Lipinski definition) is 3. The number of oxazole rings is 1. The number of aromatic nitrogens is 1. The van der Waals surface area contributed by atoms with Gasteiger partial charge < -0.3 is 8.83 Å². The van der Waals surface area contributed by atoms with Gasteiger partial charge in [0.15, 0.2) is 5.76 Å². The lowest BCUT2D eigenvalue weighted by molar-refractivity contribution is 0.388. The molecule has 1 aliphatic carbocycles. The maximum absolute atomic E-state index is 6.01. The molecule has 0 saturated heterocycles. The van der Waals surface area contributed by atoms with Crippen LogP contribution in [0, 0.1) is 12.3 Å². The van der Waals surface area contributed by atoms with E-state index < -0.39 is 0 Å². The lowest BCUT2D eigenvalue weighted by atomic mass is 9.84. The van der Waals surface area contributed by atoms with Gasteiger partial charge in [-0.3, -0.25) is 0 Å². The molecule has 0 spiro atoms. The molecule has 0 radical (unpaired) electrons. The van der Waals surface area contributed by atoms with Crippen molar-refractivity contribution in [2.75, 3.05) is 0 Å². The fourth-order valence-electron chi connectivity index (χ4n) is 3.39. The number of benzene rings is 1. The first-order chi connectivity index (χ1) is 12.7. The zero-order valence-electron chi connectivity index (χ0n) is 16.8. The van der Waals surface area contributed by atoms with Gasteiger partial charge in [0.25, 0.3) is 0 Å². The van der Waals surface area contributed by atoms with Crippen molar-refractivity contribution in [1.82, 2.24) is 4.98 Å². The van der Waals surface area contributed by atoms with Crippen molar-refractivity contribution in [2.24, 2.45) is 5.41 Å². The molecule has 27 heavy (non-hydrogen) atoms. The van der Waals surface area contributed by atoms with E-state index in [2.05, 4.69) is 88.2 Å². The average Bonchev–Trinajstić information content (AvgIpc) is 3.16. The van der Waals surface area contributed by atoms with Gasteiger partial charge in [0, 0.05) is 22.6 Å². The molecule has 0 N–H and O–H groups in total. The highest BCUT2D eigenvalue weighted by atomic mass is 16.4. The monoisotopic (exact) mass is 361 g/mol. The number of nitrogens with zero attached hydrogens (tertiary/aromatic N) is 1. The molecule has 3 aromatic rings. The summed E-state index contributed by atoms with van der Waals surface area (Å²) in [7, 11) is 0. The van der Waals surface area contributed by atoms with E-state index in [1.807, 2.05) is 0 Å². The number of rotatable bonds is 3. The standard InChI is InChI=1S/C24H27NO2/c1-16-6-7-20-17(14-16)15-18(26-20)8-11-24(5)12-9-19-21(10-13-24)27-22(25-19)23(2,3)4/h6-7,9-10,12-15H,8,11H2,1-5H3. The van der Waals surface area contributed by atoms with Crippen LogP contribution < -0.4 is 0 Å². The smallest absolute Gasteiger partial charge is 0.200 e. The van der Waals surface area contributed by atoms with Crippen molar-refractivity contribution in [3.05, 3.63) is 65.1 Å². The molecule has 1 aromatic carbocycles. The molecule has 3 heteroatoms. The fraction of sp³-hybridized carbons (Fsp3) is 0.375. The molecule has 2 heterocycles. The first-order valence-electron chi connectivity index (χ1n) is 9.61. The summed E-state index contributed by atoms with van der Waals surface area (Å²) < 4.78 is 12.0. The van der Waals surface area contributed by atoms with Crippen LogP contribution in [-0.4, -0.2) is 4.98 Å². The predicted molar refractivity (Wildman–Crippen MR) is 111 cm³/mol. The van der Waals surface area contributed by atoms with Crippen LogP contribution in [0.25, 0.3) is 23.1 Å². The number of fused-ring (bicyclic) bond motifs is 2. The molecule has 0 fully saturated rings. The number of aryl methyl sites for hydroxylation is 2. The van der Waals surface area contributed by atoms with Crippen molar-refractivity contribution in [1.29, 1.82) is 0 Å². The van der Waals surface area contributed by atoms with Gasteiger partial charge in [0.05, 0.1) is 0 Å². The van der Waals surface area contributed by atoms with Gasteiger partial charge in [-0.2, -0.15) is 0 Å². The van der Waals surface area contributed by atoms with E-state index >= 15 is 0 Å². The van der Waals surface area contributed by atoms with Crippen LogP contribution in [-0.2, 0) is 11.8 Å². The van der Waals surface area contributed by atoms with Gasteiger partial charge in [-0.25, -0.2) is 4.98 Å². The zero-order chi connectivity index (χ0) is 19.2. The second kappa shape index (κ2) is 6.26. The fourth-order valence-corrected chi connectivity index (χ4v) is 3.39. The van der Waals surface area contributed by atoms with E-state index in [1.54, 1.807) is 0 Å². The van der Waals surface area contributed by atoms with Crippen LogP contribution >= 0.6 is 0 Å². The summed E-state index contributed by atoms with van der Waals surface area (Å²) in [6.07, 6.45) is 10.5. The highest BCUT2D eigenvalue weighted by Crippen LogP contribution is 2.35. The molecule has 0 saturated carbocycles. The number of allylic oxidation sites excluding steroid dienone is 2. The molecular weight excluding hydrogens is 334 g/mol. The third-order valence-corrected chi connectivity index (χ3v) is 5.19. The van der Waals surface area contributed by atoms with Crippen LogP contribution in [0.4, 0.5) is 0 Å². The zero-order valence-corrected chi connectivity index (χ0v) is 16.8. The van der Waals surface area contributed by atoms with E-state index in [1.165, 1.54) is 10.9 Å². The molecule has 1 unspecified atom stereocenters. The summed E-state index contributed by atoms with van der Waals surface area (Å²) in [4.78, 5) is 4.68. The highest BCUT2D eigenvalue weighted by Gasteiger charge is 2.25. The normalized spacial score (nSPS) is 19.4. The minimum atomic E-state index is -0.0865. The van der Waals surface area contributed by atoms with Gasteiger partial charge in [0.1, 0.15) is 17.0 Å². The molecular formula is C24H27NO2. The Labute approximate surface area is 160 Å². The van der Waals surface area contributed by atoms with Crippen LogP contribution in [0.2, 0.25) is 0 Å². The van der Waals surface area contributed by atoms with Gasteiger partial charge in [-0.1, -0.05) is 51.5 Å². The van der Waals surface area contributed by atoms with E-state index in [0.29, 0.717) is 0 Å². The summed E-state index contributed by atoms with van der Waals surface area (Å²) in [6.45, 7) is 10.7. The summed E-state index contributed by atoms with van der Waals surface area (Å²) in [5.74, 6) is 2.66. The Hall–Kier alpha value is -2.55. The van der Waals surface area contributed by atoms with Crippen LogP contribution in [0.5, 0.6) is 0 Å². The molecule has 1 aliphatic rings. The lowest BCUT2D eigenvalue weighted by Crippen LogP contribution is -2.11. The molecule has 140 valence electrons. The Bertz CT molecular complexity index is 1010. The maximum Gasteiger partial charge on any atom is 0.200 e. The predicted octanol–water partition coefficient (Wildman–Crippen LogP) is 6.71. The SMILES string of the molecule is Cc1ccc2oc(CCC3(C)C=Cc4nc(C(C)(C)C)oc4C=C3)cc2c1. The molecule has 2 aromatic heterocycles. The third-order valence-electron chi connectivity index (χ3n) is 5.19. The van der Waals surface area contributed by atoms with Gasteiger partial charge in [-0.15, -0.1) is 0 Å². The van der Waals surface area contributed by atoms with Gasteiger partial charge >= 0.3 is 0 Å². The van der Waals surface area contributed by atoms with Crippen LogP contribution in [0.3, 0.4) is 0 Å². The minimum Gasteiger partial charge on any atom is -0.461 e. The summed E-state index contributed by atoms with van der Waals surface area (Å²) >= 11 is 0. The second-order valence-electron chi connectivity index (χ2n) is 8.94. The third kappa shape index (κ3) is 3.64. The minimum absolute atomic E-state index is 0.0555. The first-order valence-corrected chi connectivity index (χ1v) is 9.61. The first kappa shape index (κ1) is 17.8. The lowest BCUT2D eigenvalue weighted by Gasteiger charge is -2.20. The van der Waals surface area contributed by atoms with Gasteiger partial charge in [0.2, 0.25) is 5.89 Å². The molecule has 4 rings (SSSR count). The highest BCUT2D eigenvalue weighted by molar-refractivity contribution is 5.78. The Morgan fingerprint density at radius 3 is 2.59 bits per heavy atom. The van der Waals surface area contributed by atoms with E-state index in [9.17, 15) is 0 Å². The average molecular weight is 361 g/mol. The van der Waals surface area contributed by atoms with E-state index in [-0.39, 0.29) is 10.8 Å². The Morgan fingerprint density at radius 2 is 1.81 bits per heavy atom. The van der Waals surface area contributed by atoms with Crippen LogP contribution in [0.15, 0.2) is 45.3 Å². The van der Waals surface area contributed by atoms with Crippen LogP contribution in [0.1, 0.15) is 62.8 Å². The topological polar surface area (TPSA) is 39.2 Å². The molecule has 1 atom stereocenters.